The van der Waals surface area contributed by atoms with E-state index in [1.54, 1.807) is 6.92 Å². The SMILES string of the molecule is CCCC(C)(CCC)C[C@@H](O)[C@H](O)[C@@H](C)CO. The van der Waals surface area contributed by atoms with Gasteiger partial charge in [0.2, 0.25) is 0 Å². The molecule has 3 nitrogen and oxygen atoms in total. The van der Waals surface area contributed by atoms with Gasteiger partial charge in [0, 0.05) is 12.5 Å². The summed E-state index contributed by atoms with van der Waals surface area (Å²) < 4.78 is 0. The first kappa shape index (κ1) is 16.9. The average Bonchev–Trinajstić information content (AvgIpc) is 2.27. The number of hydrogen-bond acceptors (Lipinski definition) is 3. The Labute approximate surface area is 106 Å². The van der Waals surface area contributed by atoms with Gasteiger partial charge >= 0.3 is 0 Å². The average molecular weight is 246 g/mol. The van der Waals surface area contributed by atoms with E-state index in [1.165, 1.54) is 0 Å². The lowest BCUT2D eigenvalue weighted by molar-refractivity contribution is -0.0489. The van der Waals surface area contributed by atoms with Crippen molar-refractivity contribution in [3.05, 3.63) is 0 Å². The van der Waals surface area contributed by atoms with Crippen LogP contribution in [-0.2, 0) is 0 Å². The molecular formula is C14H30O3. The van der Waals surface area contributed by atoms with Crippen molar-refractivity contribution in [3.63, 3.8) is 0 Å². The maximum absolute atomic E-state index is 10.0. The molecule has 0 aromatic carbocycles. The molecule has 0 spiro atoms. The number of aliphatic hydroxyl groups excluding tert-OH is 3. The first-order chi connectivity index (χ1) is 7.90. The number of aliphatic hydroxyl groups is 3. The predicted octanol–water partition coefficient (Wildman–Crippen LogP) is 2.33. The van der Waals surface area contributed by atoms with Gasteiger partial charge in [-0.2, -0.15) is 0 Å². The minimum absolute atomic E-state index is 0.0868. The van der Waals surface area contributed by atoms with Crippen LogP contribution in [0.3, 0.4) is 0 Å². The Morgan fingerprint density at radius 3 is 1.88 bits per heavy atom. The van der Waals surface area contributed by atoms with Gasteiger partial charge in [-0.05, 0) is 24.7 Å². The predicted molar refractivity (Wildman–Crippen MR) is 70.8 cm³/mol. The molecule has 0 bridgehead atoms. The summed E-state index contributed by atoms with van der Waals surface area (Å²) in [7, 11) is 0. The van der Waals surface area contributed by atoms with Gasteiger partial charge in [-0.3, -0.25) is 0 Å². The molecule has 0 saturated heterocycles. The van der Waals surface area contributed by atoms with Gasteiger partial charge in [0.25, 0.3) is 0 Å². The molecule has 0 aliphatic rings. The maximum Gasteiger partial charge on any atom is 0.0846 e. The van der Waals surface area contributed by atoms with Crippen LogP contribution in [0.1, 0.15) is 59.8 Å². The van der Waals surface area contributed by atoms with Crippen LogP contribution in [0.15, 0.2) is 0 Å². The van der Waals surface area contributed by atoms with E-state index in [4.69, 9.17) is 5.11 Å². The zero-order valence-corrected chi connectivity index (χ0v) is 11.8. The van der Waals surface area contributed by atoms with Crippen molar-refractivity contribution >= 4 is 0 Å². The molecular weight excluding hydrogens is 216 g/mol. The van der Waals surface area contributed by atoms with Crippen molar-refractivity contribution in [3.8, 4) is 0 Å². The second kappa shape index (κ2) is 8.06. The van der Waals surface area contributed by atoms with Crippen molar-refractivity contribution in [2.45, 2.75) is 72.0 Å². The lowest BCUT2D eigenvalue weighted by atomic mass is 9.75. The molecule has 0 aromatic heterocycles. The summed E-state index contributed by atoms with van der Waals surface area (Å²) in [6, 6.07) is 0. The summed E-state index contributed by atoms with van der Waals surface area (Å²) >= 11 is 0. The lowest BCUT2D eigenvalue weighted by Gasteiger charge is -2.34. The Kier molecular flexibility index (Phi) is 8.01. The van der Waals surface area contributed by atoms with E-state index in [1.807, 2.05) is 0 Å². The van der Waals surface area contributed by atoms with Crippen molar-refractivity contribution in [2.24, 2.45) is 11.3 Å². The van der Waals surface area contributed by atoms with Crippen molar-refractivity contribution in [1.29, 1.82) is 0 Å². The van der Waals surface area contributed by atoms with Crippen LogP contribution in [0, 0.1) is 11.3 Å². The summed E-state index contributed by atoms with van der Waals surface area (Å²) in [5.74, 6) is -0.266. The van der Waals surface area contributed by atoms with Gasteiger partial charge in [-0.25, -0.2) is 0 Å². The van der Waals surface area contributed by atoms with Gasteiger partial charge in [0.15, 0.2) is 0 Å². The van der Waals surface area contributed by atoms with E-state index in [0.717, 1.165) is 25.7 Å². The lowest BCUT2D eigenvalue weighted by Crippen LogP contribution is -2.37. The molecule has 0 aliphatic heterocycles. The first-order valence-corrected chi connectivity index (χ1v) is 6.87. The summed E-state index contributed by atoms with van der Waals surface area (Å²) in [6.45, 7) is 8.14. The molecule has 0 amide bonds. The minimum atomic E-state index is -0.826. The van der Waals surface area contributed by atoms with Gasteiger partial charge in [-0.15, -0.1) is 0 Å². The van der Waals surface area contributed by atoms with Gasteiger partial charge in [0.1, 0.15) is 0 Å². The van der Waals surface area contributed by atoms with Crippen LogP contribution in [0.2, 0.25) is 0 Å². The fraction of sp³-hybridized carbons (Fsp3) is 1.00. The largest absolute Gasteiger partial charge is 0.396 e. The molecule has 0 aliphatic carbocycles. The summed E-state index contributed by atoms with van der Waals surface area (Å²) in [5.41, 5.74) is 0.0963. The molecule has 3 N–H and O–H groups in total. The minimum Gasteiger partial charge on any atom is -0.396 e. The quantitative estimate of drug-likeness (QED) is 0.585. The van der Waals surface area contributed by atoms with Crippen LogP contribution in [0.25, 0.3) is 0 Å². The van der Waals surface area contributed by atoms with Crippen molar-refractivity contribution < 1.29 is 15.3 Å². The highest BCUT2D eigenvalue weighted by Gasteiger charge is 2.31. The molecule has 3 heteroatoms. The topological polar surface area (TPSA) is 60.7 Å². The third-order valence-corrected chi connectivity index (χ3v) is 3.67. The van der Waals surface area contributed by atoms with Crippen molar-refractivity contribution in [2.75, 3.05) is 6.61 Å². The molecule has 0 heterocycles. The Bertz CT molecular complexity index is 188. The van der Waals surface area contributed by atoms with E-state index in [2.05, 4.69) is 20.8 Å². The molecule has 17 heavy (non-hydrogen) atoms. The van der Waals surface area contributed by atoms with Gasteiger partial charge in [0.05, 0.1) is 12.2 Å². The molecule has 0 unspecified atom stereocenters. The molecule has 0 saturated carbocycles. The summed E-state index contributed by atoms with van der Waals surface area (Å²) in [5, 5.41) is 28.9. The maximum atomic E-state index is 10.0. The van der Waals surface area contributed by atoms with Crippen molar-refractivity contribution in [1.82, 2.24) is 0 Å². The highest BCUT2D eigenvalue weighted by atomic mass is 16.3. The Balaban J connectivity index is 4.43. The van der Waals surface area contributed by atoms with Crippen LogP contribution in [0.4, 0.5) is 0 Å². The molecule has 0 aromatic rings. The van der Waals surface area contributed by atoms with Crippen LogP contribution >= 0.6 is 0 Å². The standard InChI is InChI=1S/C14H30O3/c1-5-7-14(4,8-6-2)9-12(16)13(17)11(3)10-15/h11-13,15-17H,5-10H2,1-4H3/t11-,12+,13+/m0/s1. The second-order valence-corrected chi connectivity index (χ2v) is 5.73. The van der Waals surface area contributed by atoms with Crippen LogP contribution in [-0.4, -0.2) is 34.1 Å². The van der Waals surface area contributed by atoms with Crippen LogP contribution in [0.5, 0.6) is 0 Å². The summed E-state index contributed by atoms with van der Waals surface area (Å²) in [4.78, 5) is 0. The zero-order valence-electron chi connectivity index (χ0n) is 11.8. The monoisotopic (exact) mass is 246 g/mol. The third-order valence-electron chi connectivity index (χ3n) is 3.67. The Morgan fingerprint density at radius 2 is 1.53 bits per heavy atom. The van der Waals surface area contributed by atoms with Gasteiger partial charge in [-0.1, -0.05) is 40.5 Å². The Morgan fingerprint density at radius 1 is 1.06 bits per heavy atom. The van der Waals surface area contributed by atoms with E-state index in [0.29, 0.717) is 6.42 Å². The molecule has 0 radical (unpaired) electrons. The first-order valence-electron chi connectivity index (χ1n) is 6.87. The third kappa shape index (κ3) is 5.84. The highest BCUT2D eigenvalue weighted by molar-refractivity contribution is 4.82. The number of hydrogen-bond donors (Lipinski definition) is 3. The van der Waals surface area contributed by atoms with E-state index < -0.39 is 12.2 Å². The van der Waals surface area contributed by atoms with Gasteiger partial charge < -0.3 is 15.3 Å². The molecule has 104 valence electrons. The second-order valence-electron chi connectivity index (χ2n) is 5.73. The highest BCUT2D eigenvalue weighted by Crippen LogP contribution is 2.35. The smallest absolute Gasteiger partial charge is 0.0846 e. The fourth-order valence-electron chi connectivity index (χ4n) is 2.65. The summed E-state index contributed by atoms with van der Waals surface area (Å²) in [6.07, 6.45) is 3.37. The van der Waals surface area contributed by atoms with E-state index >= 15 is 0 Å². The Hall–Kier alpha value is -0.120. The molecule has 0 fully saturated rings. The molecule has 3 atom stereocenters. The van der Waals surface area contributed by atoms with Crippen LogP contribution < -0.4 is 0 Å². The van der Waals surface area contributed by atoms with E-state index in [9.17, 15) is 10.2 Å². The van der Waals surface area contributed by atoms with E-state index in [-0.39, 0.29) is 17.9 Å². The number of rotatable bonds is 9. The molecule has 0 rings (SSSR count). The normalized spacial score (nSPS) is 17.8. The zero-order chi connectivity index (χ0) is 13.5. The fourth-order valence-corrected chi connectivity index (χ4v) is 2.65.